The van der Waals surface area contributed by atoms with Crippen LogP contribution in [0.5, 0.6) is 17.4 Å². The molecule has 0 spiro atoms. The molecule has 0 radical (unpaired) electrons. The number of methoxy groups -OCH3 is 1. The number of carbonyl (C=O) groups is 1. The maximum atomic E-state index is 12.2. The van der Waals surface area contributed by atoms with E-state index >= 15 is 0 Å². The smallest absolute Gasteiger partial charge is 0.319 e. The van der Waals surface area contributed by atoms with Crippen LogP contribution in [0.3, 0.4) is 0 Å². The van der Waals surface area contributed by atoms with Gasteiger partial charge in [-0.3, -0.25) is 0 Å². The standard InChI is InChI=1S/C25H25N5O3/c1-30(2)19-8-13-22-23(14-19)27-16-28-24(22)33-21-11-6-18(7-12-21)29-25(31)26-15-17-4-9-20(32-3)10-5-17/h4-14,16H,15H2,1-3H3,(H2,26,29,31). The van der Waals surface area contributed by atoms with E-state index in [-0.39, 0.29) is 6.03 Å². The largest absolute Gasteiger partial charge is 0.497 e. The number of urea groups is 1. The van der Waals surface area contributed by atoms with Gasteiger partial charge in [-0.15, -0.1) is 0 Å². The van der Waals surface area contributed by atoms with Gasteiger partial charge in [0.25, 0.3) is 0 Å². The minimum Gasteiger partial charge on any atom is -0.497 e. The summed E-state index contributed by atoms with van der Waals surface area (Å²) in [5, 5.41) is 6.46. The highest BCUT2D eigenvalue weighted by atomic mass is 16.5. The quantitative estimate of drug-likeness (QED) is 0.426. The summed E-state index contributed by atoms with van der Waals surface area (Å²) in [4.78, 5) is 22.8. The van der Waals surface area contributed by atoms with Crippen molar-refractivity contribution in [3.63, 3.8) is 0 Å². The molecule has 3 aromatic carbocycles. The molecule has 0 fully saturated rings. The van der Waals surface area contributed by atoms with E-state index in [1.54, 1.807) is 31.4 Å². The Kier molecular flexibility index (Phi) is 6.54. The second-order valence-corrected chi connectivity index (χ2v) is 7.56. The van der Waals surface area contributed by atoms with Crippen LogP contribution in [0.1, 0.15) is 5.56 Å². The first-order chi connectivity index (χ1) is 16.0. The highest BCUT2D eigenvalue weighted by Gasteiger charge is 2.09. The Hall–Kier alpha value is -4.33. The molecule has 8 nitrogen and oxygen atoms in total. The van der Waals surface area contributed by atoms with Gasteiger partial charge >= 0.3 is 6.03 Å². The van der Waals surface area contributed by atoms with E-state index in [4.69, 9.17) is 9.47 Å². The van der Waals surface area contributed by atoms with Gasteiger partial charge in [0.2, 0.25) is 5.88 Å². The molecular weight excluding hydrogens is 418 g/mol. The fourth-order valence-electron chi connectivity index (χ4n) is 3.20. The molecule has 0 saturated heterocycles. The molecule has 33 heavy (non-hydrogen) atoms. The number of carbonyl (C=O) groups excluding carboxylic acids is 1. The number of nitrogens with one attached hydrogen (secondary N) is 2. The molecule has 1 aromatic heterocycles. The van der Waals surface area contributed by atoms with Crippen LogP contribution in [0.15, 0.2) is 73.1 Å². The SMILES string of the molecule is COc1ccc(CNC(=O)Nc2ccc(Oc3ncnc4cc(N(C)C)ccc34)cc2)cc1. The minimum atomic E-state index is -0.294. The normalized spacial score (nSPS) is 10.5. The highest BCUT2D eigenvalue weighted by Crippen LogP contribution is 2.29. The number of hydrogen-bond donors (Lipinski definition) is 2. The Labute approximate surface area is 192 Å². The molecule has 1 heterocycles. The second kappa shape index (κ2) is 9.86. The van der Waals surface area contributed by atoms with E-state index in [1.165, 1.54) is 6.33 Å². The van der Waals surface area contributed by atoms with Crippen molar-refractivity contribution >= 4 is 28.3 Å². The van der Waals surface area contributed by atoms with Crippen LogP contribution in [0.2, 0.25) is 0 Å². The van der Waals surface area contributed by atoms with Crippen LogP contribution in [0, 0.1) is 0 Å². The van der Waals surface area contributed by atoms with Gasteiger partial charge in [-0.05, 0) is 60.2 Å². The molecule has 168 valence electrons. The van der Waals surface area contributed by atoms with Crippen LogP contribution in [0.4, 0.5) is 16.2 Å². The number of anilines is 2. The zero-order chi connectivity index (χ0) is 23.2. The van der Waals surface area contributed by atoms with E-state index in [2.05, 4.69) is 20.6 Å². The van der Waals surface area contributed by atoms with Crippen molar-refractivity contribution in [3.05, 3.63) is 78.6 Å². The Morgan fingerprint density at radius 2 is 1.67 bits per heavy atom. The van der Waals surface area contributed by atoms with E-state index in [0.29, 0.717) is 23.9 Å². The van der Waals surface area contributed by atoms with Crippen molar-refractivity contribution in [2.75, 3.05) is 31.4 Å². The third-order valence-electron chi connectivity index (χ3n) is 5.04. The number of hydrogen-bond acceptors (Lipinski definition) is 6. The summed E-state index contributed by atoms with van der Waals surface area (Å²) in [5.41, 5.74) is 3.48. The zero-order valence-corrected chi connectivity index (χ0v) is 18.7. The third-order valence-corrected chi connectivity index (χ3v) is 5.04. The Morgan fingerprint density at radius 3 is 2.36 bits per heavy atom. The maximum absolute atomic E-state index is 12.2. The molecule has 0 aliphatic carbocycles. The zero-order valence-electron chi connectivity index (χ0n) is 18.7. The number of benzene rings is 3. The Morgan fingerprint density at radius 1 is 0.939 bits per heavy atom. The first-order valence-electron chi connectivity index (χ1n) is 10.4. The van der Waals surface area contributed by atoms with E-state index in [0.717, 1.165) is 27.9 Å². The molecule has 0 aliphatic heterocycles. The second-order valence-electron chi connectivity index (χ2n) is 7.56. The Bertz CT molecular complexity index is 1240. The summed E-state index contributed by atoms with van der Waals surface area (Å²) in [6, 6.07) is 20.3. The highest BCUT2D eigenvalue weighted by molar-refractivity contribution is 5.89. The molecule has 0 bridgehead atoms. The minimum absolute atomic E-state index is 0.294. The molecule has 4 aromatic rings. The number of ether oxygens (including phenoxy) is 2. The topological polar surface area (TPSA) is 88.6 Å². The van der Waals surface area contributed by atoms with Crippen LogP contribution >= 0.6 is 0 Å². The van der Waals surface area contributed by atoms with Gasteiger partial charge in [-0.1, -0.05) is 12.1 Å². The van der Waals surface area contributed by atoms with Crippen LogP contribution in [-0.4, -0.2) is 37.2 Å². The number of rotatable bonds is 7. The molecule has 2 N–H and O–H groups in total. The number of nitrogens with zero attached hydrogens (tertiary/aromatic N) is 3. The number of fused-ring (bicyclic) bond motifs is 1. The molecule has 0 saturated carbocycles. The van der Waals surface area contributed by atoms with Crippen molar-refractivity contribution in [2.24, 2.45) is 0 Å². The first kappa shape index (κ1) is 21.9. The summed E-state index contributed by atoms with van der Waals surface area (Å²) < 4.78 is 11.1. The van der Waals surface area contributed by atoms with Crippen molar-refractivity contribution in [1.82, 2.24) is 15.3 Å². The lowest BCUT2D eigenvalue weighted by molar-refractivity contribution is 0.251. The predicted octanol–water partition coefficient (Wildman–Crippen LogP) is 4.82. The van der Waals surface area contributed by atoms with Crippen molar-refractivity contribution in [2.45, 2.75) is 6.54 Å². The average molecular weight is 444 g/mol. The summed E-state index contributed by atoms with van der Waals surface area (Å²) in [5.74, 6) is 1.86. The lowest BCUT2D eigenvalue weighted by Gasteiger charge is -2.14. The maximum Gasteiger partial charge on any atom is 0.319 e. The molecule has 0 unspecified atom stereocenters. The van der Waals surface area contributed by atoms with E-state index in [1.807, 2.05) is 61.5 Å². The lowest BCUT2D eigenvalue weighted by Crippen LogP contribution is -2.28. The summed E-state index contributed by atoms with van der Waals surface area (Å²) in [6.45, 7) is 0.410. The van der Waals surface area contributed by atoms with Crippen LogP contribution < -0.4 is 25.0 Å². The number of aromatic nitrogens is 2. The third kappa shape index (κ3) is 5.48. The fraction of sp³-hybridized carbons (Fsp3) is 0.160. The number of amides is 2. The monoisotopic (exact) mass is 443 g/mol. The van der Waals surface area contributed by atoms with Crippen LogP contribution in [-0.2, 0) is 6.54 Å². The fourth-order valence-corrected chi connectivity index (χ4v) is 3.20. The predicted molar refractivity (Wildman–Crippen MR) is 129 cm³/mol. The van der Waals surface area contributed by atoms with Gasteiger partial charge < -0.3 is 25.0 Å². The van der Waals surface area contributed by atoms with Gasteiger partial charge in [0.05, 0.1) is 18.0 Å². The molecule has 0 aliphatic rings. The van der Waals surface area contributed by atoms with E-state index < -0.39 is 0 Å². The molecule has 2 amide bonds. The average Bonchev–Trinajstić information content (AvgIpc) is 2.84. The molecule has 0 atom stereocenters. The van der Waals surface area contributed by atoms with Crippen molar-refractivity contribution < 1.29 is 14.3 Å². The van der Waals surface area contributed by atoms with Gasteiger partial charge in [0.15, 0.2) is 0 Å². The molecule has 4 rings (SSSR count). The van der Waals surface area contributed by atoms with Crippen molar-refractivity contribution in [1.29, 1.82) is 0 Å². The van der Waals surface area contributed by atoms with Crippen molar-refractivity contribution in [3.8, 4) is 17.4 Å². The van der Waals surface area contributed by atoms with Gasteiger partial charge in [-0.2, -0.15) is 0 Å². The van der Waals surface area contributed by atoms with Crippen LogP contribution in [0.25, 0.3) is 10.9 Å². The first-order valence-corrected chi connectivity index (χ1v) is 10.4. The molecule has 8 heteroatoms. The lowest BCUT2D eigenvalue weighted by atomic mass is 10.2. The van der Waals surface area contributed by atoms with Gasteiger partial charge in [-0.25, -0.2) is 14.8 Å². The Balaban J connectivity index is 1.36. The van der Waals surface area contributed by atoms with Gasteiger partial charge in [0, 0.05) is 32.0 Å². The van der Waals surface area contributed by atoms with E-state index in [9.17, 15) is 4.79 Å². The summed E-state index contributed by atoms with van der Waals surface area (Å²) >= 11 is 0. The summed E-state index contributed by atoms with van der Waals surface area (Å²) in [6.07, 6.45) is 1.49. The van der Waals surface area contributed by atoms with Gasteiger partial charge in [0.1, 0.15) is 17.8 Å². The molecular formula is C25H25N5O3. The summed E-state index contributed by atoms with van der Waals surface area (Å²) in [7, 11) is 5.58.